The van der Waals surface area contributed by atoms with Crippen molar-refractivity contribution in [3.8, 4) is 0 Å². The fourth-order valence-corrected chi connectivity index (χ4v) is 1.76. The van der Waals surface area contributed by atoms with Gasteiger partial charge in [-0.25, -0.2) is 0 Å². The quantitative estimate of drug-likeness (QED) is 0.615. The van der Waals surface area contributed by atoms with Gasteiger partial charge in [-0.1, -0.05) is 5.22 Å². The molecule has 1 saturated heterocycles. The third-order valence-corrected chi connectivity index (χ3v) is 2.75. The van der Waals surface area contributed by atoms with Crippen molar-refractivity contribution in [1.82, 2.24) is 9.91 Å². The lowest BCUT2D eigenvalue weighted by Crippen LogP contribution is -2.40. The first-order chi connectivity index (χ1) is 9.16. The summed E-state index contributed by atoms with van der Waals surface area (Å²) in [5.74, 6) is 0.0411. The maximum Gasteiger partial charge on any atom is 0.254 e. The first kappa shape index (κ1) is 13.5. The van der Waals surface area contributed by atoms with E-state index in [1.165, 1.54) is 0 Å². The van der Waals surface area contributed by atoms with E-state index in [1.54, 1.807) is 48.3 Å². The lowest BCUT2D eigenvalue weighted by molar-refractivity contribution is 0.0303. The minimum absolute atomic E-state index is 0.0411. The number of carbonyl (C=O) groups excluding carboxylic acids is 1. The predicted molar refractivity (Wildman–Crippen MR) is 71.4 cm³/mol. The van der Waals surface area contributed by atoms with Gasteiger partial charge in [-0.15, -0.1) is 5.11 Å². The summed E-state index contributed by atoms with van der Waals surface area (Å²) in [7, 11) is 3.61. The highest BCUT2D eigenvalue weighted by Crippen LogP contribution is 2.15. The van der Waals surface area contributed by atoms with E-state index < -0.39 is 0 Å². The fourth-order valence-electron chi connectivity index (χ4n) is 1.76. The first-order valence-corrected chi connectivity index (χ1v) is 6.23. The molecule has 1 fully saturated rings. The number of carbonyl (C=O) groups is 1. The molecule has 1 aliphatic rings. The molecule has 6 heteroatoms. The van der Waals surface area contributed by atoms with Crippen LogP contribution in [0.1, 0.15) is 10.4 Å². The van der Waals surface area contributed by atoms with E-state index in [0.717, 1.165) is 5.69 Å². The van der Waals surface area contributed by atoms with Crippen LogP contribution in [0.3, 0.4) is 0 Å². The summed E-state index contributed by atoms with van der Waals surface area (Å²) in [5, 5.41) is 9.55. The molecule has 0 saturated carbocycles. The van der Waals surface area contributed by atoms with E-state index in [1.807, 2.05) is 0 Å². The number of benzene rings is 1. The molecule has 1 aromatic carbocycles. The molecule has 1 aromatic rings. The molecule has 1 heterocycles. The van der Waals surface area contributed by atoms with Gasteiger partial charge in [0.2, 0.25) is 0 Å². The first-order valence-electron chi connectivity index (χ1n) is 6.23. The molecule has 0 spiro atoms. The van der Waals surface area contributed by atoms with Crippen LogP contribution in [0.2, 0.25) is 0 Å². The molecule has 102 valence electrons. The smallest absolute Gasteiger partial charge is 0.254 e. The van der Waals surface area contributed by atoms with Crippen LogP contribution in [0.25, 0.3) is 0 Å². The van der Waals surface area contributed by atoms with Gasteiger partial charge in [-0.05, 0) is 24.3 Å². The van der Waals surface area contributed by atoms with E-state index in [0.29, 0.717) is 31.9 Å². The van der Waals surface area contributed by atoms with Crippen molar-refractivity contribution in [2.24, 2.45) is 10.3 Å². The highest BCUT2D eigenvalue weighted by Gasteiger charge is 2.18. The Morgan fingerprint density at radius 3 is 2.42 bits per heavy atom. The summed E-state index contributed by atoms with van der Waals surface area (Å²) in [6.07, 6.45) is 0. The van der Waals surface area contributed by atoms with Crippen molar-refractivity contribution in [2.75, 3.05) is 40.4 Å². The summed E-state index contributed by atoms with van der Waals surface area (Å²) in [6, 6.07) is 7.14. The second kappa shape index (κ2) is 6.29. The number of hydrogen-bond acceptors (Lipinski definition) is 4. The normalized spacial score (nSPS) is 15.8. The van der Waals surface area contributed by atoms with E-state index in [2.05, 4.69) is 10.3 Å². The van der Waals surface area contributed by atoms with Crippen LogP contribution < -0.4 is 0 Å². The van der Waals surface area contributed by atoms with Crippen LogP contribution >= 0.6 is 0 Å². The molecule has 6 nitrogen and oxygen atoms in total. The molecular formula is C13H18N4O2. The third-order valence-electron chi connectivity index (χ3n) is 2.75. The Bertz CT molecular complexity index is 450. The minimum atomic E-state index is 0.0411. The summed E-state index contributed by atoms with van der Waals surface area (Å²) in [5.41, 5.74) is 1.40. The molecule has 1 amide bonds. The van der Waals surface area contributed by atoms with Crippen molar-refractivity contribution >= 4 is 11.6 Å². The van der Waals surface area contributed by atoms with Crippen LogP contribution in [0, 0.1) is 0 Å². The molecule has 0 atom stereocenters. The molecule has 1 aliphatic heterocycles. The zero-order chi connectivity index (χ0) is 13.7. The van der Waals surface area contributed by atoms with Crippen LogP contribution in [0.5, 0.6) is 0 Å². The number of nitrogens with zero attached hydrogens (tertiary/aromatic N) is 4. The van der Waals surface area contributed by atoms with Gasteiger partial charge in [-0.3, -0.25) is 9.80 Å². The van der Waals surface area contributed by atoms with Crippen molar-refractivity contribution in [3.63, 3.8) is 0 Å². The molecule has 19 heavy (non-hydrogen) atoms. The average Bonchev–Trinajstić information content (AvgIpc) is 2.46. The van der Waals surface area contributed by atoms with Gasteiger partial charge in [0, 0.05) is 32.7 Å². The van der Waals surface area contributed by atoms with Gasteiger partial charge in [-0.2, -0.15) is 0 Å². The van der Waals surface area contributed by atoms with Gasteiger partial charge < -0.3 is 9.64 Å². The van der Waals surface area contributed by atoms with Crippen LogP contribution in [-0.4, -0.2) is 56.2 Å². The molecule has 0 bridgehead atoms. The third kappa shape index (κ3) is 3.75. The fraction of sp³-hybridized carbons (Fsp3) is 0.462. The van der Waals surface area contributed by atoms with Gasteiger partial charge in [0.05, 0.1) is 18.9 Å². The van der Waals surface area contributed by atoms with Crippen LogP contribution in [0.15, 0.2) is 34.6 Å². The topological polar surface area (TPSA) is 57.5 Å². The molecular weight excluding hydrogens is 244 g/mol. The Balaban J connectivity index is 2.03. The molecule has 0 radical (unpaired) electrons. The van der Waals surface area contributed by atoms with Gasteiger partial charge >= 0.3 is 0 Å². The Hall–Kier alpha value is -1.95. The molecule has 0 unspecified atom stereocenters. The lowest BCUT2D eigenvalue weighted by Gasteiger charge is -2.26. The van der Waals surface area contributed by atoms with Gasteiger partial charge in [0.1, 0.15) is 0 Å². The second-order valence-electron chi connectivity index (χ2n) is 4.49. The van der Waals surface area contributed by atoms with E-state index in [9.17, 15) is 4.79 Å². The standard InChI is InChI=1S/C13H18N4O2/c1-16(2)15-14-12-5-3-11(4-6-12)13(18)17-7-9-19-10-8-17/h3-6H,7-10H2,1-2H3. The predicted octanol–water partition coefficient (Wildman–Crippen LogP) is 1.72. The average molecular weight is 262 g/mol. The van der Waals surface area contributed by atoms with Gasteiger partial charge in [0.25, 0.3) is 5.91 Å². The molecule has 0 N–H and O–H groups in total. The Kier molecular flexibility index (Phi) is 4.46. The second-order valence-corrected chi connectivity index (χ2v) is 4.49. The van der Waals surface area contributed by atoms with Gasteiger partial charge in [0.15, 0.2) is 0 Å². The SMILES string of the molecule is CN(C)N=Nc1ccc(C(=O)N2CCOCC2)cc1. The maximum absolute atomic E-state index is 12.2. The largest absolute Gasteiger partial charge is 0.378 e. The number of rotatable bonds is 3. The van der Waals surface area contributed by atoms with E-state index >= 15 is 0 Å². The summed E-state index contributed by atoms with van der Waals surface area (Å²) in [4.78, 5) is 14.0. The highest BCUT2D eigenvalue weighted by atomic mass is 16.5. The molecule has 0 aliphatic carbocycles. The van der Waals surface area contributed by atoms with Crippen molar-refractivity contribution < 1.29 is 9.53 Å². The molecule has 0 aromatic heterocycles. The summed E-state index contributed by atoms with van der Waals surface area (Å²) >= 11 is 0. The van der Waals surface area contributed by atoms with E-state index in [-0.39, 0.29) is 5.91 Å². The zero-order valence-corrected chi connectivity index (χ0v) is 11.2. The van der Waals surface area contributed by atoms with Crippen LogP contribution in [-0.2, 0) is 4.74 Å². The molecule has 2 rings (SSSR count). The van der Waals surface area contributed by atoms with Crippen molar-refractivity contribution in [1.29, 1.82) is 0 Å². The van der Waals surface area contributed by atoms with Crippen molar-refractivity contribution in [3.05, 3.63) is 29.8 Å². The lowest BCUT2D eigenvalue weighted by atomic mass is 10.2. The monoisotopic (exact) mass is 262 g/mol. The number of amides is 1. The number of morpholine rings is 1. The van der Waals surface area contributed by atoms with Crippen molar-refractivity contribution in [2.45, 2.75) is 0 Å². The number of ether oxygens (including phenoxy) is 1. The van der Waals surface area contributed by atoms with E-state index in [4.69, 9.17) is 4.74 Å². The highest BCUT2D eigenvalue weighted by molar-refractivity contribution is 5.94. The Morgan fingerprint density at radius 1 is 1.21 bits per heavy atom. The maximum atomic E-state index is 12.2. The zero-order valence-electron chi connectivity index (χ0n) is 11.2. The summed E-state index contributed by atoms with van der Waals surface area (Å²) < 4.78 is 5.23. The van der Waals surface area contributed by atoms with Crippen LogP contribution in [0.4, 0.5) is 5.69 Å². The summed E-state index contributed by atoms with van der Waals surface area (Å²) in [6.45, 7) is 2.53. The Morgan fingerprint density at radius 2 is 1.84 bits per heavy atom. The Labute approximate surface area is 112 Å². The minimum Gasteiger partial charge on any atom is -0.378 e. The number of hydrogen-bond donors (Lipinski definition) is 0.